The lowest BCUT2D eigenvalue weighted by molar-refractivity contribution is -0.139. The van der Waals surface area contributed by atoms with Gasteiger partial charge in [0.25, 0.3) is 0 Å². The van der Waals surface area contributed by atoms with Gasteiger partial charge in [-0.3, -0.25) is 0 Å². The summed E-state index contributed by atoms with van der Waals surface area (Å²) in [4.78, 5) is 11.0. The summed E-state index contributed by atoms with van der Waals surface area (Å²) >= 11 is 6.63. The molecule has 1 heterocycles. The average molecular weight is 679 g/mol. The molecule has 9 heteroatoms. The average Bonchev–Trinajstić information content (AvgIpc) is 3.37. The first-order chi connectivity index (χ1) is 23.3. The number of carbonyl (C=O) groups is 1. The van der Waals surface area contributed by atoms with Crippen molar-refractivity contribution in [2.24, 2.45) is 0 Å². The number of nitrogens with one attached hydrogen (secondary N) is 1. The van der Waals surface area contributed by atoms with E-state index in [2.05, 4.69) is 33.6 Å². The number of ether oxygens (including phenoxy) is 1. The van der Waals surface area contributed by atoms with Crippen LogP contribution in [0.15, 0.2) is 133 Å². The quantitative estimate of drug-likeness (QED) is 0.123. The van der Waals surface area contributed by atoms with Crippen LogP contribution in [0.25, 0.3) is 10.9 Å². The molecule has 0 aliphatic carbocycles. The summed E-state index contributed by atoms with van der Waals surface area (Å²) in [6, 6.07) is 42.8. The molecule has 0 fully saturated rings. The largest absolute Gasteiger partial charge is 0.482 e. The van der Waals surface area contributed by atoms with E-state index in [0.29, 0.717) is 23.6 Å². The van der Waals surface area contributed by atoms with Crippen LogP contribution in [0, 0.1) is 0 Å². The van der Waals surface area contributed by atoms with Crippen LogP contribution >= 0.6 is 11.6 Å². The molecule has 7 nitrogen and oxygen atoms in total. The molecule has 6 rings (SSSR count). The Balaban J connectivity index is 1.45. The van der Waals surface area contributed by atoms with Crippen LogP contribution in [0.2, 0.25) is 5.02 Å². The van der Waals surface area contributed by atoms with E-state index in [1.807, 2.05) is 84.9 Å². The van der Waals surface area contributed by atoms with Crippen molar-refractivity contribution in [3.63, 3.8) is 0 Å². The van der Waals surface area contributed by atoms with Gasteiger partial charge in [-0.2, -0.15) is 0 Å². The predicted octanol–water partition coefficient (Wildman–Crippen LogP) is 7.65. The van der Waals surface area contributed by atoms with E-state index >= 15 is 0 Å². The van der Waals surface area contributed by atoms with Crippen LogP contribution in [0.4, 0.5) is 0 Å². The van der Waals surface area contributed by atoms with Crippen LogP contribution in [-0.4, -0.2) is 37.2 Å². The summed E-state index contributed by atoms with van der Waals surface area (Å²) in [5.74, 6) is -0.682. The third-order valence-electron chi connectivity index (χ3n) is 8.22. The summed E-state index contributed by atoms with van der Waals surface area (Å²) in [6.07, 6.45) is 0.955. The van der Waals surface area contributed by atoms with Crippen molar-refractivity contribution in [2.75, 3.05) is 13.2 Å². The van der Waals surface area contributed by atoms with Crippen molar-refractivity contribution in [1.82, 2.24) is 9.29 Å². The van der Waals surface area contributed by atoms with Crippen molar-refractivity contribution >= 4 is 38.5 Å². The van der Waals surface area contributed by atoms with E-state index in [1.165, 1.54) is 0 Å². The molecular weight excluding hydrogens is 644 g/mol. The highest BCUT2D eigenvalue weighted by molar-refractivity contribution is 7.88. The van der Waals surface area contributed by atoms with Gasteiger partial charge in [0, 0.05) is 34.6 Å². The molecule has 0 amide bonds. The van der Waals surface area contributed by atoms with E-state index in [1.54, 1.807) is 24.3 Å². The molecule has 6 aromatic rings. The summed E-state index contributed by atoms with van der Waals surface area (Å²) in [7, 11) is -3.60. The Hall–Kier alpha value is -4.89. The number of carboxylic acid groups (broad SMARTS) is 1. The number of sulfonamides is 1. The second-order valence-corrected chi connectivity index (χ2v) is 13.8. The summed E-state index contributed by atoms with van der Waals surface area (Å²) < 4.78 is 36.9. The van der Waals surface area contributed by atoms with Crippen molar-refractivity contribution in [3.8, 4) is 5.75 Å². The smallest absolute Gasteiger partial charge is 0.341 e. The summed E-state index contributed by atoms with van der Waals surface area (Å²) in [5, 5.41) is 10.6. The summed E-state index contributed by atoms with van der Waals surface area (Å²) in [5.41, 5.74) is 6.89. The van der Waals surface area contributed by atoms with Gasteiger partial charge < -0.3 is 14.4 Å². The first kappa shape index (κ1) is 33.0. The number of fused-ring (bicyclic) bond motifs is 1. The second kappa shape index (κ2) is 14.9. The molecule has 0 atom stereocenters. The van der Waals surface area contributed by atoms with Crippen molar-refractivity contribution < 1.29 is 23.1 Å². The molecule has 0 saturated carbocycles. The van der Waals surface area contributed by atoms with Crippen LogP contribution in [0.3, 0.4) is 0 Å². The predicted molar refractivity (Wildman–Crippen MR) is 190 cm³/mol. The number of nitrogens with zero attached hydrogens (tertiary/aromatic N) is 1. The molecule has 2 N–H and O–H groups in total. The minimum atomic E-state index is -3.60. The fourth-order valence-electron chi connectivity index (χ4n) is 6.15. The topological polar surface area (TPSA) is 97.6 Å². The Morgan fingerprint density at radius 3 is 2.00 bits per heavy atom. The van der Waals surface area contributed by atoms with Crippen molar-refractivity contribution in [3.05, 3.63) is 172 Å². The summed E-state index contributed by atoms with van der Waals surface area (Å²) in [6.45, 7) is -0.222. The maximum atomic E-state index is 13.2. The van der Waals surface area contributed by atoms with Crippen LogP contribution in [0.1, 0.15) is 39.6 Å². The van der Waals surface area contributed by atoms with Gasteiger partial charge in [-0.05, 0) is 64.6 Å². The van der Waals surface area contributed by atoms with E-state index in [0.717, 1.165) is 44.4 Å². The van der Waals surface area contributed by atoms with Gasteiger partial charge in [0.2, 0.25) is 10.0 Å². The molecule has 0 radical (unpaired) electrons. The Morgan fingerprint density at radius 1 is 0.792 bits per heavy atom. The maximum absolute atomic E-state index is 13.2. The Kier molecular flexibility index (Phi) is 10.3. The van der Waals surface area contributed by atoms with Gasteiger partial charge in [0.05, 0.1) is 11.8 Å². The first-order valence-electron chi connectivity index (χ1n) is 15.6. The molecule has 1 aromatic heterocycles. The Bertz CT molecular complexity index is 2060. The van der Waals surface area contributed by atoms with E-state index in [-0.39, 0.29) is 18.3 Å². The van der Waals surface area contributed by atoms with E-state index in [9.17, 15) is 13.2 Å². The molecule has 244 valence electrons. The fourth-order valence-corrected chi connectivity index (χ4v) is 7.47. The highest BCUT2D eigenvalue weighted by atomic mass is 35.5. The van der Waals surface area contributed by atoms with E-state index in [4.69, 9.17) is 21.4 Å². The zero-order chi connectivity index (χ0) is 33.5. The first-order valence-corrected chi connectivity index (χ1v) is 17.7. The standard InChI is InChI=1S/C39H35ClN2O5S/c40-32-18-21-36-35(25-32)34(24-28-16-19-33(20-17-28)47-26-38(43)44)37(22-23-41-48(45,46)27-29-10-4-1-5-11-29)42(36)39(30-12-6-2-7-13-30)31-14-8-3-9-15-31/h1-21,25,39,41H,22-24,26-27H2,(H,43,44). The number of rotatable bonds is 14. The number of aliphatic carboxylic acids is 1. The molecule has 0 unspecified atom stereocenters. The van der Waals surface area contributed by atoms with Crippen LogP contribution < -0.4 is 9.46 Å². The number of benzene rings is 5. The molecule has 0 bridgehead atoms. The van der Waals surface area contributed by atoms with E-state index < -0.39 is 22.6 Å². The van der Waals surface area contributed by atoms with Gasteiger partial charge in [-0.15, -0.1) is 0 Å². The third-order valence-corrected chi connectivity index (χ3v) is 9.81. The monoisotopic (exact) mass is 678 g/mol. The molecule has 0 saturated heterocycles. The molecule has 0 spiro atoms. The maximum Gasteiger partial charge on any atom is 0.341 e. The Morgan fingerprint density at radius 2 is 1.40 bits per heavy atom. The number of hydrogen-bond donors (Lipinski definition) is 2. The van der Waals surface area contributed by atoms with Crippen molar-refractivity contribution in [2.45, 2.75) is 24.6 Å². The van der Waals surface area contributed by atoms with Gasteiger partial charge in [-0.1, -0.05) is 115 Å². The number of halogens is 1. The normalized spacial score (nSPS) is 11.6. The van der Waals surface area contributed by atoms with Gasteiger partial charge >= 0.3 is 5.97 Å². The highest BCUT2D eigenvalue weighted by Crippen LogP contribution is 2.38. The lowest BCUT2D eigenvalue weighted by atomic mass is 9.97. The molecular formula is C39H35ClN2O5S. The van der Waals surface area contributed by atoms with Crippen molar-refractivity contribution in [1.29, 1.82) is 0 Å². The lowest BCUT2D eigenvalue weighted by Crippen LogP contribution is -2.28. The molecule has 0 aliphatic rings. The number of aromatic nitrogens is 1. The minimum absolute atomic E-state index is 0.105. The zero-order valence-electron chi connectivity index (χ0n) is 26.1. The molecule has 48 heavy (non-hydrogen) atoms. The SMILES string of the molecule is O=C(O)COc1ccc(Cc2c(CCNS(=O)(=O)Cc3ccccc3)n(C(c3ccccc3)c3ccccc3)c3ccc(Cl)cc23)cc1. The fraction of sp³-hybridized carbons (Fsp3) is 0.154. The minimum Gasteiger partial charge on any atom is -0.482 e. The van der Waals surface area contributed by atoms with Crippen LogP contribution in [-0.2, 0) is 33.4 Å². The molecule has 0 aliphatic heterocycles. The third kappa shape index (κ3) is 7.97. The molecule has 5 aromatic carbocycles. The zero-order valence-corrected chi connectivity index (χ0v) is 27.7. The van der Waals surface area contributed by atoms with Gasteiger partial charge in [0.1, 0.15) is 5.75 Å². The highest BCUT2D eigenvalue weighted by Gasteiger charge is 2.26. The number of hydrogen-bond acceptors (Lipinski definition) is 4. The lowest BCUT2D eigenvalue weighted by Gasteiger charge is -2.25. The second-order valence-electron chi connectivity index (χ2n) is 11.6. The van der Waals surface area contributed by atoms with Gasteiger partial charge in [-0.25, -0.2) is 17.9 Å². The Labute approximate surface area is 285 Å². The van der Waals surface area contributed by atoms with Crippen LogP contribution in [0.5, 0.6) is 5.75 Å². The van der Waals surface area contributed by atoms with Gasteiger partial charge in [0.15, 0.2) is 6.61 Å². The number of carboxylic acids is 1.